The highest BCUT2D eigenvalue weighted by atomic mass is 32.2. The minimum atomic E-state index is -4.36. The molecular weight excluding hydrogens is 895 g/mol. The van der Waals surface area contributed by atoms with Crippen LogP contribution < -0.4 is 25.2 Å². The van der Waals surface area contributed by atoms with Crippen molar-refractivity contribution in [2.75, 3.05) is 73.4 Å². The molecule has 0 bridgehead atoms. The van der Waals surface area contributed by atoms with Crippen LogP contribution >= 0.6 is 0 Å². The van der Waals surface area contributed by atoms with E-state index in [9.17, 15) is 32.0 Å². The van der Waals surface area contributed by atoms with E-state index in [2.05, 4.69) is 35.3 Å². The fourth-order valence-electron chi connectivity index (χ4n) is 10.2. The number of piperidine rings is 2. The van der Waals surface area contributed by atoms with Crippen LogP contribution in [0.3, 0.4) is 0 Å². The number of pyridine rings is 1. The standard InChI is InChI=1S/C47H47F4N9O6S/c48-30-13-16-60(22-30)67(65,66)56-38-8-7-36(49)41(42(38)51)43(62)35-20-53-44-34(35)17-29(19-52-44)28-1-3-31(4-2-28)58-14-11-27(12-15-58)21-57-23-47(24-57)25-59(26-47)32-5-6-33(37(50)18-32)45(63)54-39-9-10-40(61)55-46(39)64/h1-8,17-20,27,30,39,56H,9-16,21-26H2,(H,52,53)(H,54,63)(H,55,61,64)/t30-,39+/m1/s1. The number of ketones is 1. The van der Waals surface area contributed by atoms with E-state index < -0.39 is 81.2 Å². The number of H-pyrrole nitrogens is 1. The summed E-state index contributed by atoms with van der Waals surface area (Å²) in [6, 6.07) is 15.0. The summed E-state index contributed by atoms with van der Waals surface area (Å²) in [5.41, 5.74) is 1.98. The van der Waals surface area contributed by atoms with Crippen LogP contribution in [-0.4, -0.2) is 122 Å². The van der Waals surface area contributed by atoms with Crippen LogP contribution in [0.15, 0.2) is 73.1 Å². The first-order valence-electron chi connectivity index (χ1n) is 22.3. The first-order valence-corrected chi connectivity index (χ1v) is 23.7. The monoisotopic (exact) mass is 941 g/mol. The zero-order valence-corrected chi connectivity index (χ0v) is 37.0. The Kier molecular flexibility index (Phi) is 11.5. The Balaban J connectivity index is 0.707. The van der Waals surface area contributed by atoms with Crippen LogP contribution in [0, 0.1) is 28.8 Å². The number of imide groups is 1. The number of hydrogen-bond donors (Lipinski definition) is 4. The summed E-state index contributed by atoms with van der Waals surface area (Å²) in [6.07, 6.45) is 3.96. The third-order valence-electron chi connectivity index (χ3n) is 13.7. The van der Waals surface area contributed by atoms with Crippen LogP contribution in [0.5, 0.6) is 0 Å². The predicted octanol–water partition coefficient (Wildman–Crippen LogP) is 5.15. The number of fused-ring (bicyclic) bond motifs is 1. The first kappa shape index (κ1) is 44.5. The average Bonchev–Trinajstić information content (AvgIpc) is 3.93. The van der Waals surface area contributed by atoms with E-state index in [0.717, 1.165) is 86.3 Å². The van der Waals surface area contributed by atoms with Gasteiger partial charge >= 0.3 is 10.2 Å². The van der Waals surface area contributed by atoms with E-state index in [4.69, 9.17) is 0 Å². The number of amides is 3. The molecule has 5 aliphatic rings. The largest absolute Gasteiger partial charge is 0.372 e. The molecule has 0 radical (unpaired) electrons. The number of carbonyl (C=O) groups is 4. The maximum absolute atomic E-state index is 15.8. The van der Waals surface area contributed by atoms with Crippen molar-refractivity contribution < 1.29 is 45.2 Å². The Morgan fingerprint density at radius 2 is 1.57 bits per heavy atom. The van der Waals surface area contributed by atoms with Crippen LogP contribution in [0.25, 0.3) is 22.2 Å². The molecule has 0 unspecified atom stereocenters. The van der Waals surface area contributed by atoms with Gasteiger partial charge < -0.3 is 25.0 Å². The van der Waals surface area contributed by atoms with Gasteiger partial charge in [0.15, 0.2) is 5.82 Å². The molecule has 2 atom stereocenters. The Morgan fingerprint density at radius 3 is 2.27 bits per heavy atom. The smallest absolute Gasteiger partial charge is 0.301 e. The third kappa shape index (κ3) is 8.73. The topological polar surface area (TPSA) is 180 Å². The number of halogens is 4. The fourth-order valence-corrected chi connectivity index (χ4v) is 11.4. The molecule has 2 aromatic heterocycles. The van der Waals surface area contributed by atoms with E-state index in [1.165, 1.54) is 18.3 Å². The lowest BCUT2D eigenvalue weighted by Crippen LogP contribution is -2.72. The number of alkyl halides is 1. The quantitative estimate of drug-likeness (QED) is 0.0743. The van der Waals surface area contributed by atoms with Gasteiger partial charge in [-0.15, -0.1) is 0 Å². The molecule has 350 valence electrons. The molecule has 20 heteroatoms. The SMILES string of the molecule is O=C1CC[C@H](NC(=O)c2ccc(N3CC4(CN(CC5CCN(c6ccc(-c7cnc8[nH]cc(C(=O)c9c(F)ccc(NS(=O)(=O)N%10CC[C@@H](F)C%10)c9F)c8c7)cc6)CC5)C4)C3)cc2F)C(=O)N1. The molecule has 1 spiro atoms. The molecule has 10 rings (SSSR count). The number of aromatic nitrogens is 2. The average molecular weight is 942 g/mol. The van der Waals surface area contributed by atoms with E-state index >= 15 is 13.2 Å². The zero-order valence-electron chi connectivity index (χ0n) is 36.2. The summed E-state index contributed by atoms with van der Waals surface area (Å²) in [7, 11) is -4.36. The van der Waals surface area contributed by atoms with Gasteiger partial charge in [-0.2, -0.15) is 12.7 Å². The Morgan fingerprint density at radius 1 is 0.821 bits per heavy atom. The second kappa shape index (κ2) is 17.4. The number of anilines is 3. The van der Waals surface area contributed by atoms with E-state index in [1.807, 2.05) is 29.0 Å². The molecule has 5 aromatic rings. The number of carbonyl (C=O) groups excluding carboxylic acids is 4. The number of benzene rings is 3. The second-order valence-electron chi connectivity index (χ2n) is 18.4. The highest BCUT2D eigenvalue weighted by Crippen LogP contribution is 2.43. The van der Waals surface area contributed by atoms with Crippen molar-refractivity contribution in [1.82, 2.24) is 29.8 Å². The van der Waals surface area contributed by atoms with Crippen molar-refractivity contribution in [2.24, 2.45) is 11.3 Å². The molecule has 7 heterocycles. The lowest BCUT2D eigenvalue weighted by molar-refractivity contribution is -0.134. The van der Waals surface area contributed by atoms with E-state index in [-0.39, 0.29) is 42.3 Å². The van der Waals surface area contributed by atoms with Crippen molar-refractivity contribution in [3.8, 4) is 11.1 Å². The van der Waals surface area contributed by atoms with Gasteiger partial charge in [-0.3, -0.25) is 29.2 Å². The minimum absolute atomic E-state index is 0.00147. The molecular formula is C47H47F4N9O6S. The first-order chi connectivity index (χ1) is 32.1. The molecule has 5 saturated heterocycles. The second-order valence-corrected chi connectivity index (χ2v) is 20.1. The van der Waals surface area contributed by atoms with Crippen LogP contribution in [-0.2, 0) is 19.8 Å². The van der Waals surface area contributed by atoms with Crippen molar-refractivity contribution in [1.29, 1.82) is 0 Å². The maximum Gasteiger partial charge on any atom is 0.301 e. The third-order valence-corrected chi connectivity index (χ3v) is 15.2. The Bertz CT molecular complexity index is 2910. The van der Waals surface area contributed by atoms with Crippen LogP contribution in [0.1, 0.15) is 58.4 Å². The zero-order chi connectivity index (χ0) is 46.8. The summed E-state index contributed by atoms with van der Waals surface area (Å²) in [5.74, 6) is -5.36. The van der Waals surface area contributed by atoms with Gasteiger partial charge in [0, 0.05) is 111 Å². The summed E-state index contributed by atoms with van der Waals surface area (Å²) in [6.45, 7) is 5.90. The molecule has 0 saturated carbocycles. The molecule has 4 N–H and O–H groups in total. The van der Waals surface area contributed by atoms with Crippen molar-refractivity contribution in [2.45, 2.75) is 44.3 Å². The summed E-state index contributed by atoms with van der Waals surface area (Å²) < 4.78 is 88.1. The highest BCUT2D eigenvalue weighted by Gasteiger charge is 2.52. The number of rotatable bonds is 12. The van der Waals surface area contributed by atoms with Crippen molar-refractivity contribution in [3.63, 3.8) is 0 Å². The normalized spacial score (nSPS) is 21.3. The minimum Gasteiger partial charge on any atom is -0.372 e. The van der Waals surface area contributed by atoms with E-state index in [1.54, 1.807) is 18.3 Å². The number of nitrogens with one attached hydrogen (secondary N) is 4. The molecule has 67 heavy (non-hydrogen) atoms. The van der Waals surface area contributed by atoms with Crippen molar-refractivity contribution in [3.05, 3.63) is 107 Å². The summed E-state index contributed by atoms with van der Waals surface area (Å²) in [4.78, 5) is 64.2. The molecule has 5 aliphatic heterocycles. The van der Waals surface area contributed by atoms with Crippen LogP contribution in [0.4, 0.5) is 34.6 Å². The summed E-state index contributed by atoms with van der Waals surface area (Å²) >= 11 is 0. The van der Waals surface area contributed by atoms with Crippen LogP contribution in [0.2, 0.25) is 0 Å². The van der Waals surface area contributed by atoms with Gasteiger partial charge in [-0.05, 0) is 85.7 Å². The number of likely N-dealkylation sites (tertiary alicyclic amines) is 1. The molecule has 15 nitrogen and oxygen atoms in total. The predicted molar refractivity (Wildman–Crippen MR) is 241 cm³/mol. The molecule has 3 amide bonds. The molecule has 0 aliphatic carbocycles. The molecule has 5 fully saturated rings. The lowest BCUT2D eigenvalue weighted by atomic mass is 9.72. The van der Waals surface area contributed by atoms with E-state index in [0.29, 0.717) is 28.2 Å². The van der Waals surface area contributed by atoms with Gasteiger partial charge in [-0.1, -0.05) is 12.1 Å². The number of nitrogens with zero attached hydrogens (tertiary/aromatic N) is 5. The van der Waals surface area contributed by atoms with Gasteiger partial charge in [-0.25, -0.2) is 22.5 Å². The Hall–Kier alpha value is -6.38. The fraction of sp³-hybridized carbons (Fsp3) is 0.383. The molecule has 3 aromatic carbocycles. The number of hydrogen-bond acceptors (Lipinski definition) is 10. The maximum atomic E-state index is 15.8. The van der Waals surface area contributed by atoms with Gasteiger partial charge in [0.05, 0.1) is 16.8 Å². The van der Waals surface area contributed by atoms with Gasteiger partial charge in [0.2, 0.25) is 17.6 Å². The lowest BCUT2D eigenvalue weighted by Gasteiger charge is -2.61. The summed E-state index contributed by atoms with van der Waals surface area (Å²) in [5, 5.41) is 5.03. The van der Waals surface area contributed by atoms with Gasteiger partial charge in [0.1, 0.15) is 29.5 Å². The van der Waals surface area contributed by atoms with Gasteiger partial charge in [0.25, 0.3) is 5.91 Å². The number of aromatic amines is 1. The Labute approximate surface area is 383 Å². The van der Waals surface area contributed by atoms with Crippen molar-refractivity contribution >= 4 is 61.8 Å². The highest BCUT2D eigenvalue weighted by molar-refractivity contribution is 7.90.